The Balaban J connectivity index is 2.04. The van der Waals surface area contributed by atoms with Crippen molar-refractivity contribution in [3.63, 3.8) is 0 Å². The van der Waals surface area contributed by atoms with Gasteiger partial charge in [0, 0.05) is 25.2 Å². The van der Waals surface area contributed by atoms with Crippen LogP contribution < -0.4 is 4.74 Å². The fourth-order valence-corrected chi connectivity index (χ4v) is 4.05. The minimum absolute atomic E-state index is 0.234. The molecule has 25 heavy (non-hydrogen) atoms. The molecule has 130 valence electrons. The molecule has 0 fully saturated rings. The van der Waals surface area contributed by atoms with Crippen molar-refractivity contribution in [1.29, 1.82) is 0 Å². The van der Waals surface area contributed by atoms with Crippen LogP contribution in [0.3, 0.4) is 0 Å². The molecule has 5 nitrogen and oxygen atoms in total. The molecule has 0 aliphatic rings. The predicted octanol–water partition coefficient (Wildman–Crippen LogP) is 3.45. The number of benzene rings is 2. The van der Waals surface area contributed by atoms with Crippen LogP contribution in [0, 0.1) is 0 Å². The zero-order chi connectivity index (χ0) is 17.9. The van der Waals surface area contributed by atoms with Crippen molar-refractivity contribution in [2.75, 3.05) is 13.7 Å². The highest BCUT2D eigenvalue weighted by Crippen LogP contribution is 2.31. The Morgan fingerprint density at radius 2 is 1.80 bits per heavy atom. The largest absolute Gasteiger partial charge is 0.492 e. The molecular formula is C19H20N2O3S. The first kappa shape index (κ1) is 17.4. The molecule has 0 spiro atoms. The van der Waals surface area contributed by atoms with Gasteiger partial charge in [0.1, 0.15) is 11.3 Å². The summed E-state index contributed by atoms with van der Waals surface area (Å²) in [5.74, 6) is 0.586. The van der Waals surface area contributed by atoms with Gasteiger partial charge in [-0.2, -0.15) is 4.31 Å². The smallest absolute Gasteiger partial charge is 0.243 e. The first-order chi connectivity index (χ1) is 12.0. The molecule has 2 aromatic carbocycles. The molecule has 0 saturated heterocycles. The predicted molar refractivity (Wildman–Crippen MR) is 98.0 cm³/mol. The lowest BCUT2D eigenvalue weighted by Gasteiger charge is -2.19. The summed E-state index contributed by atoms with van der Waals surface area (Å²) in [6.07, 6.45) is 1.63. The molecule has 6 heteroatoms. The summed E-state index contributed by atoms with van der Waals surface area (Å²) >= 11 is 0. The van der Waals surface area contributed by atoms with Gasteiger partial charge in [-0.25, -0.2) is 8.42 Å². The summed E-state index contributed by atoms with van der Waals surface area (Å²) in [4.78, 5) is 4.54. The molecule has 1 heterocycles. The molecule has 0 aliphatic heterocycles. The van der Waals surface area contributed by atoms with E-state index in [-0.39, 0.29) is 4.90 Å². The van der Waals surface area contributed by atoms with Gasteiger partial charge >= 0.3 is 0 Å². The Kier molecular flexibility index (Phi) is 5.01. The molecule has 0 aliphatic carbocycles. The molecule has 3 aromatic rings. The van der Waals surface area contributed by atoms with Crippen molar-refractivity contribution >= 4 is 20.9 Å². The second-order valence-corrected chi connectivity index (χ2v) is 7.65. The highest BCUT2D eigenvalue weighted by Gasteiger charge is 2.24. The molecule has 0 saturated carbocycles. The standard InChI is InChI=1S/C19H20N2O3S/c1-3-24-17-11-12-18(16-10-7-13-20-19(16)17)25(22,23)21(2)14-15-8-5-4-6-9-15/h4-13H,3,14H2,1-2H3. The van der Waals surface area contributed by atoms with Crippen LogP contribution in [-0.4, -0.2) is 31.4 Å². The first-order valence-electron chi connectivity index (χ1n) is 8.05. The molecule has 3 rings (SSSR count). The Morgan fingerprint density at radius 1 is 1.04 bits per heavy atom. The number of sulfonamides is 1. The zero-order valence-electron chi connectivity index (χ0n) is 14.2. The van der Waals surface area contributed by atoms with Crippen molar-refractivity contribution in [2.24, 2.45) is 0 Å². The van der Waals surface area contributed by atoms with Crippen molar-refractivity contribution in [1.82, 2.24) is 9.29 Å². The molecule has 0 atom stereocenters. The number of aromatic nitrogens is 1. The topological polar surface area (TPSA) is 59.5 Å². The third-order valence-electron chi connectivity index (χ3n) is 3.93. The van der Waals surface area contributed by atoms with Gasteiger partial charge in [0.2, 0.25) is 10.0 Å². The van der Waals surface area contributed by atoms with Gasteiger partial charge in [-0.1, -0.05) is 30.3 Å². The number of nitrogens with zero attached hydrogens (tertiary/aromatic N) is 2. The molecule has 1 aromatic heterocycles. The quantitative estimate of drug-likeness (QED) is 0.679. The lowest BCUT2D eigenvalue weighted by atomic mass is 10.2. The lowest BCUT2D eigenvalue weighted by molar-refractivity contribution is 0.343. The van der Waals surface area contributed by atoms with Crippen LogP contribution in [0.4, 0.5) is 0 Å². The Morgan fingerprint density at radius 3 is 2.52 bits per heavy atom. The van der Waals surface area contributed by atoms with E-state index in [0.717, 1.165) is 5.56 Å². The van der Waals surface area contributed by atoms with Gasteiger partial charge in [-0.05, 0) is 36.8 Å². The van der Waals surface area contributed by atoms with Gasteiger partial charge in [-0.3, -0.25) is 4.98 Å². The normalized spacial score (nSPS) is 11.8. The maximum absolute atomic E-state index is 13.1. The van der Waals surface area contributed by atoms with Gasteiger partial charge in [-0.15, -0.1) is 0 Å². The van der Waals surface area contributed by atoms with Crippen LogP contribution in [0.5, 0.6) is 5.75 Å². The third-order valence-corrected chi connectivity index (χ3v) is 5.79. The van der Waals surface area contributed by atoms with E-state index in [2.05, 4.69) is 4.98 Å². The van der Waals surface area contributed by atoms with Crippen LogP contribution in [0.15, 0.2) is 65.7 Å². The monoisotopic (exact) mass is 356 g/mol. The fraction of sp³-hybridized carbons (Fsp3) is 0.211. The van der Waals surface area contributed by atoms with Crippen LogP contribution >= 0.6 is 0 Å². The van der Waals surface area contributed by atoms with Crippen molar-refractivity contribution in [3.05, 3.63) is 66.4 Å². The third kappa shape index (κ3) is 3.50. The summed E-state index contributed by atoms with van der Waals surface area (Å²) < 4.78 is 33.1. The van der Waals surface area contributed by atoms with E-state index in [1.807, 2.05) is 37.3 Å². The van der Waals surface area contributed by atoms with Gasteiger partial charge < -0.3 is 4.74 Å². The molecule has 0 N–H and O–H groups in total. The first-order valence-corrected chi connectivity index (χ1v) is 9.49. The van der Waals surface area contributed by atoms with Crippen LogP contribution in [0.2, 0.25) is 0 Å². The number of rotatable bonds is 6. The van der Waals surface area contributed by atoms with Gasteiger partial charge in [0.25, 0.3) is 0 Å². The molecule has 0 amide bonds. The maximum atomic E-state index is 13.1. The lowest BCUT2D eigenvalue weighted by Crippen LogP contribution is -2.26. The Labute approximate surface area is 147 Å². The number of pyridine rings is 1. The summed E-state index contributed by atoms with van der Waals surface area (Å²) in [5.41, 5.74) is 1.49. The van der Waals surface area contributed by atoms with Crippen molar-refractivity contribution in [3.8, 4) is 5.75 Å². The van der Waals surface area contributed by atoms with E-state index in [1.54, 1.807) is 37.5 Å². The number of fused-ring (bicyclic) bond motifs is 1. The fourth-order valence-electron chi connectivity index (χ4n) is 2.71. The van der Waals surface area contributed by atoms with Crippen LogP contribution in [0.25, 0.3) is 10.9 Å². The Bertz CT molecular complexity index is 972. The van der Waals surface area contributed by atoms with E-state index in [0.29, 0.717) is 29.8 Å². The molecule has 0 radical (unpaired) electrons. The van der Waals surface area contributed by atoms with E-state index in [1.165, 1.54) is 4.31 Å². The highest BCUT2D eigenvalue weighted by molar-refractivity contribution is 7.89. The highest BCUT2D eigenvalue weighted by atomic mass is 32.2. The Hall–Kier alpha value is -2.44. The summed E-state index contributed by atoms with van der Waals surface area (Å²) in [7, 11) is -2.07. The summed E-state index contributed by atoms with van der Waals surface area (Å²) in [6.45, 7) is 2.68. The molecule has 0 unspecified atom stereocenters. The van der Waals surface area contributed by atoms with E-state index < -0.39 is 10.0 Å². The maximum Gasteiger partial charge on any atom is 0.243 e. The SMILES string of the molecule is CCOc1ccc(S(=O)(=O)N(C)Cc2ccccc2)c2cccnc12. The molecule has 0 bridgehead atoms. The summed E-state index contributed by atoms with van der Waals surface area (Å²) in [5, 5.41) is 0.563. The molecular weight excluding hydrogens is 336 g/mol. The second kappa shape index (κ2) is 7.21. The van der Waals surface area contributed by atoms with E-state index in [4.69, 9.17) is 4.74 Å². The van der Waals surface area contributed by atoms with Crippen molar-refractivity contribution in [2.45, 2.75) is 18.4 Å². The average molecular weight is 356 g/mol. The van der Waals surface area contributed by atoms with E-state index in [9.17, 15) is 8.42 Å². The minimum atomic E-state index is -3.66. The number of hydrogen-bond donors (Lipinski definition) is 0. The van der Waals surface area contributed by atoms with Gasteiger partial charge in [0.15, 0.2) is 0 Å². The second-order valence-electron chi connectivity index (χ2n) is 5.64. The van der Waals surface area contributed by atoms with Crippen molar-refractivity contribution < 1.29 is 13.2 Å². The zero-order valence-corrected chi connectivity index (χ0v) is 15.0. The average Bonchev–Trinajstić information content (AvgIpc) is 2.63. The van der Waals surface area contributed by atoms with E-state index >= 15 is 0 Å². The summed E-state index contributed by atoms with van der Waals surface area (Å²) in [6, 6.07) is 16.3. The number of ether oxygens (including phenoxy) is 1. The number of hydrogen-bond acceptors (Lipinski definition) is 4. The van der Waals surface area contributed by atoms with Crippen LogP contribution in [0.1, 0.15) is 12.5 Å². The van der Waals surface area contributed by atoms with Crippen LogP contribution in [-0.2, 0) is 16.6 Å². The van der Waals surface area contributed by atoms with Gasteiger partial charge in [0.05, 0.1) is 11.5 Å². The minimum Gasteiger partial charge on any atom is -0.492 e.